The molecule has 0 spiro atoms. The van der Waals surface area contributed by atoms with E-state index >= 15 is 0 Å². The van der Waals surface area contributed by atoms with Gasteiger partial charge in [0.25, 0.3) is 5.91 Å². The highest BCUT2D eigenvalue weighted by atomic mass is 19.1. The van der Waals surface area contributed by atoms with Crippen LogP contribution in [0.3, 0.4) is 0 Å². The van der Waals surface area contributed by atoms with Gasteiger partial charge in [-0.3, -0.25) is 9.59 Å². The predicted octanol–water partition coefficient (Wildman–Crippen LogP) is 1.94. The normalized spacial score (nSPS) is 15.3. The average Bonchev–Trinajstić information content (AvgIpc) is 2.75. The predicted molar refractivity (Wildman–Crippen MR) is 109 cm³/mol. The molecule has 0 bridgehead atoms. The summed E-state index contributed by atoms with van der Waals surface area (Å²) in [5, 5.41) is 2.57. The number of halogens is 1. The van der Waals surface area contributed by atoms with Gasteiger partial charge in [0.15, 0.2) is 12.4 Å². The number of nitrogens with one attached hydrogen (secondary N) is 2. The van der Waals surface area contributed by atoms with E-state index in [0.717, 1.165) is 19.5 Å². The Balaban J connectivity index is 1.31. The summed E-state index contributed by atoms with van der Waals surface area (Å²) < 4.78 is 23.8. The molecule has 2 heterocycles. The van der Waals surface area contributed by atoms with E-state index in [-0.39, 0.29) is 17.8 Å². The summed E-state index contributed by atoms with van der Waals surface area (Å²) in [6.07, 6.45) is 2.25. The topological polar surface area (TPSA) is 73.0 Å². The van der Waals surface area contributed by atoms with Crippen molar-refractivity contribution in [3.8, 4) is 5.75 Å². The number of quaternary nitrogens is 1. The Morgan fingerprint density at radius 2 is 1.90 bits per heavy atom. The third-order valence-corrected chi connectivity index (χ3v) is 5.07. The standard InChI is InChI=1S/C23H21FN2O4/c24-18-5-7-19(8-6-18)25-23(28)15-30-22-14-29-20(11-21(22)27)13-26-10-9-16-3-1-2-4-17(16)12-26/h1-8,11,14H,9-10,12-13,15H2,(H,25,28)/p+1. The summed E-state index contributed by atoms with van der Waals surface area (Å²) in [7, 11) is 0. The molecular formula is C23H22FN2O4+. The summed E-state index contributed by atoms with van der Waals surface area (Å²) in [5.74, 6) is -0.288. The number of rotatable bonds is 6. The second-order valence-electron chi connectivity index (χ2n) is 7.29. The van der Waals surface area contributed by atoms with Crippen LogP contribution in [-0.4, -0.2) is 19.1 Å². The molecule has 4 rings (SSSR count). The van der Waals surface area contributed by atoms with Crippen molar-refractivity contribution in [1.29, 1.82) is 0 Å². The number of carbonyl (C=O) groups is 1. The van der Waals surface area contributed by atoms with Crippen LogP contribution in [0.4, 0.5) is 10.1 Å². The molecule has 1 atom stereocenters. The van der Waals surface area contributed by atoms with Crippen molar-refractivity contribution in [3.05, 3.63) is 93.8 Å². The van der Waals surface area contributed by atoms with Gasteiger partial charge in [0, 0.05) is 23.7 Å². The zero-order chi connectivity index (χ0) is 20.9. The molecule has 3 aromatic rings. The minimum atomic E-state index is -0.457. The maximum atomic E-state index is 12.9. The lowest BCUT2D eigenvalue weighted by Gasteiger charge is -2.25. The fraction of sp³-hybridized carbons (Fsp3) is 0.217. The van der Waals surface area contributed by atoms with Crippen LogP contribution < -0.4 is 20.4 Å². The molecule has 0 radical (unpaired) electrons. The Kier molecular flexibility index (Phi) is 5.90. The largest absolute Gasteiger partial charge is 0.477 e. The third-order valence-electron chi connectivity index (χ3n) is 5.07. The van der Waals surface area contributed by atoms with Crippen LogP contribution in [0.25, 0.3) is 0 Å². The van der Waals surface area contributed by atoms with Gasteiger partial charge >= 0.3 is 0 Å². The summed E-state index contributed by atoms with van der Waals surface area (Å²) >= 11 is 0. The fourth-order valence-electron chi connectivity index (χ4n) is 3.55. The number of hydrogen-bond donors (Lipinski definition) is 2. The van der Waals surface area contributed by atoms with Gasteiger partial charge in [-0.2, -0.15) is 0 Å². The molecular weight excluding hydrogens is 387 g/mol. The summed E-state index contributed by atoms with van der Waals surface area (Å²) in [4.78, 5) is 25.6. The maximum Gasteiger partial charge on any atom is 0.262 e. The van der Waals surface area contributed by atoms with Crippen LogP contribution >= 0.6 is 0 Å². The van der Waals surface area contributed by atoms with Crippen molar-refractivity contribution in [1.82, 2.24) is 0 Å². The van der Waals surface area contributed by atoms with Crippen molar-refractivity contribution in [2.24, 2.45) is 0 Å². The molecule has 1 aliphatic rings. The molecule has 154 valence electrons. The highest BCUT2D eigenvalue weighted by molar-refractivity contribution is 5.91. The van der Waals surface area contributed by atoms with Crippen LogP contribution in [0.1, 0.15) is 16.9 Å². The lowest BCUT2D eigenvalue weighted by molar-refractivity contribution is -0.930. The Morgan fingerprint density at radius 3 is 2.67 bits per heavy atom. The van der Waals surface area contributed by atoms with Gasteiger partial charge in [-0.15, -0.1) is 0 Å². The molecule has 0 saturated heterocycles. The molecule has 1 aliphatic heterocycles. The first-order valence-electron chi connectivity index (χ1n) is 9.77. The van der Waals surface area contributed by atoms with E-state index in [1.54, 1.807) is 0 Å². The Hall–Kier alpha value is -3.45. The second kappa shape index (κ2) is 8.92. The van der Waals surface area contributed by atoms with Gasteiger partial charge in [-0.05, 0) is 29.8 Å². The number of anilines is 1. The van der Waals surface area contributed by atoms with E-state index in [4.69, 9.17) is 9.15 Å². The van der Waals surface area contributed by atoms with E-state index in [0.29, 0.717) is 18.0 Å². The first-order valence-corrected chi connectivity index (χ1v) is 9.77. The van der Waals surface area contributed by atoms with Crippen molar-refractivity contribution in [2.45, 2.75) is 19.5 Å². The van der Waals surface area contributed by atoms with Gasteiger partial charge in [0.05, 0.1) is 6.54 Å². The first-order chi connectivity index (χ1) is 14.6. The minimum Gasteiger partial charge on any atom is -0.477 e. The van der Waals surface area contributed by atoms with Crippen LogP contribution in [0.2, 0.25) is 0 Å². The molecule has 0 fully saturated rings. The summed E-state index contributed by atoms with van der Waals surface area (Å²) in [6.45, 7) is 2.12. The first kappa shape index (κ1) is 19.8. The van der Waals surface area contributed by atoms with Crippen molar-refractivity contribution < 1.29 is 23.2 Å². The Labute approximate surface area is 172 Å². The minimum absolute atomic E-state index is 0.0213. The number of ether oxygens (including phenoxy) is 1. The number of carbonyl (C=O) groups excluding carboxylic acids is 1. The maximum absolute atomic E-state index is 12.9. The quantitative estimate of drug-likeness (QED) is 0.653. The number of amides is 1. The lowest BCUT2D eigenvalue weighted by Crippen LogP contribution is -3.10. The van der Waals surface area contributed by atoms with E-state index in [2.05, 4.69) is 23.5 Å². The Bertz CT molecular complexity index is 1090. The highest BCUT2D eigenvalue weighted by Gasteiger charge is 2.20. The number of benzene rings is 2. The van der Waals surface area contributed by atoms with E-state index < -0.39 is 11.7 Å². The molecule has 1 unspecified atom stereocenters. The molecule has 6 nitrogen and oxygen atoms in total. The van der Waals surface area contributed by atoms with Crippen molar-refractivity contribution in [2.75, 3.05) is 18.5 Å². The SMILES string of the molecule is O=C(COc1coc(C[NH+]2CCc3ccccc3C2)cc1=O)Nc1ccc(F)cc1. The van der Waals surface area contributed by atoms with Gasteiger partial charge in [0.2, 0.25) is 11.2 Å². The van der Waals surface area contributed by atoms with Gasteiger partial charge in [0.1, 0.15) is 25.2 Å². The van der Waals surface area contributed by atoms with Crippen LogP contribution in [0, 0.1) is 5.82 Å². The molecule has 2 N–H and O–H groups in total. The summed E-state index contributed by atoms with van der Waals surface area (Å²) in [6, 6.07) is 15.2. The lowest BCUT2D eigenvalue weighted by atomic mass is 10.00. The van der Waals surface area contributed by atoms with E-state index in [9.17, 15) is 14.0 Å². The summed E-state index contributed by atoms with van der Waals surface area (Å²) in [5.41, 5.74) is 2.82. The van der Waals surface area contributed by atoms with Gasteiger partial charge < -0.3 is 19.4 Å². The van der Waals surface area contributed by atoms with Crippen LogP contribution in [0.5, 0.6) is 5.75 Å². The zero-order valence-corrected chi connectivity index (χ0v) is 16.3. The smallest absolute Gasteiger partial charge is 0.262 e. The molecule has 7 heteroatoms. The van der Waals surface area contributed by atoms with Gasteiger partial charge in [-0.25, -0.2) is 4.39 Å². The van der Waals surface area contributed by atoms with Gasteiger partial charge in [-0.1, -0.05) is 24.3 Å². The van der Waals surface area contributed by atoms with Crippen LogP contribution in [0.15, 0.2) is 70.1 Å². The zero-order valence-electron chi connectivity index (χ0n) is 16.3. The molecule has 0 aliphatic carbocycles. The monoisotopic (exact) mass is 409 g/mol. The number of hydrogen-bond acceptors (Lipinski definition) is 4. The molecule has 1 amide bonds. The molecule has 0 saturated carbocycles. The molecule has 2 aromatic carbocycles. The molecule has 1 aromatic heterocycles. The highest BCUT2D eigenvalue weighted by Crippen LogP contribution is 2.12. The fourth-order valence-corrected chi connectivity index (χ4v) is 3.55. The van der Waals surface area contributed by atoms with Crippen molar-refractivity contribution in [3.63, 3.8) is 0 Å². The van der Waals surface area contributed by atoms with E-state index in [1.165, 1.54) is 52.6 Å². The average molecular weight is 409 g/mol. The molecule has 30 heavy (non-hydrogen) atoms. The Morgan fingerprint density at radius 1 is 1.13 bits per heavy atom. The van der Waals surface area contributed by atoms with Crippen molar-refractivity contribution >= 4 is 11.6 Å². The second-order valence-corrected chi connectivity index (χ2v) is 7.29. The van der Waals surface area contributed by atoms with E-state index in [1.807, 2.05) is 6.07 Å². The van der Waals surface area contributed by atoms with Crippen LogP contribution in [-0.2, 0) is 24.3 Å². The number of fused-ring (bicyclic) bond motifs is 1. The third kappa shape index (κ3) is 4.93.